The molecule has 5 rings (SSSR count). The van der Waals surface area contributed by atoms with Crippen LogP contribution in [0.3, 0.4) is 0 Å². The summed E-state index contributed by atoms with van der Waals surface area (Å²) < 4.78 is 2.26. The smallest absolute Gasteiger partial charge is 0.222 e. The van der Waals surface area contributed by atoms with E-state index in [9.17, 15) is 0 Å². The Bertz CT molecular complexity index is 1270. The van der Waals surface area contributed by atoms with E-state index in [2.05, 4.69) is 75.0 Å². The number of hydrogen-bond donors (Lipinski definition) is 0. The van der Waals surface area contributed by atoms with Gasteiger partial charge in [0.2, 0.25) is 5.69 Å². The molecule has 0 atom stereocenters. The van der Waals surface area contributed by atoms with E-state index in [4.69, 9.17) is 9.97 Å². The summed E-state index contributed by atoms with van der Waals surface area (Å²) in [6.45, 7) is 6.59. The van der Waals surface area contributed by atoms with Gasteiger partial charge in [-0.2, -0.15) is 4.57 Å². The predicted molar refractivity (Wildman–Crippen MR) is 127 cm³/mol. The standard InChI is InChI=1S/C28H30N3/c1-18-13-19(2)20(3)24(14-18)28-27(23-12-8-7-11-22(23)17-31(28)4)26-16-29-25(15-30-26)21-9-5-6-10-21/h7-8,11-17,21H,5-6,9-10H2,1-4H3/q+1. The summed E-state index contributed by atoms with van der Waals surface area (Å²) in [6.07, 6.45) is 11.3. The zero-order chi connectivity index (χ0) is 21.5. The Balaban J connectivity index is 1.78. The summed E-state index contributed by atoms with van der Waals surface area (Å²) >= 11 is 0. The van der Waals surface area contributed by atoms with Gasteiger partial charge in [0, 0.05) is 22.9 Å². The van der Waals surface area contributed by atoms with Crippen LogP contribution in [0.1, 0.15) is 54.0 Å². The van der Waals surface area contributed by atoms with E-state index >= 15 is 0 Å². The fourth-order valence-corrected chi connectivity index (χ4v) is 5.18. The van der Waals surface area contributed by atoms with Crippen LogP contribution in [0.25, 0.3) is 33.3 Å². The van der Waals surface area contributed by atoms with Gasteiger partial charge in [-0.05, 0) is 56.9 Å². The van der Waals surface area contributed by atoms with Crippen molar-refractivity contribution >= 4 is 10.8 Å². The molecule has 3 nitrogen and oxygen atoms in total. The monoisotopic (exact) mass is 408 g/mol. The molecule has 1 aliphatic carbocycles. The highest BCUT2D eigenvalue weighted by Crippen LogP contribution is 2.38. The van der Waals surface area contributed by atoms with Gasteiger partial charge >= 0.3 is 0 Å². The summed E-state index contributed by atoms with van der Waals surface area (Å²) in [5, 5.41) is 2.43. The molecule has 31 heavy (non-hydrogen) atoms. The van der Waals surface area contributed by atoms with Crippen molar-refractivity contribution in [3.63, 3.8) is 0 Å². The minimum Gasteiger partial charge on any atom is -0.257 e. The predicted octanol–water partition coefficient (Wildman–Crippen LogP) is 6.37. The van der Waals surface area contributed by atoms with Crippen LogP contribution in [0.4, 0.5) is 0 Å². The van der Waals surface area contributed by atoms with Crippen molar-refractivity contribution < 1.29 is 4.57 Å². The maximum atomic E-state index is 4.97. The molecule has 1 fully saturated rings. The van der Waals surface area contributed by atoms with Gasteiger partial charge in [0.25, 0.3) is 0 Å². The van der Waals surface area contributed by atoms with Crippen LogP contribution in [0.2, 0.25) is 0 Å². The molecule has 3 heteroatoms. The number of fused-ring (bicyclic) bond motifs is 1. The molecule has 0 radical (unpaired) electrons. The molecule has 0 N–H and O–H groups in total. The van der Waals surface area contributed by atoms with Gasteiger partial charge in [0.15, 0.2) is 6.20 Å². The molecule has 0 aliphatic heterocycles. The molecular formula is C28H30N3+. The molecule has 1 aliphatic rings. The number of benzene rings is 2. The van der Waals surface area contributed by atoms with Gasteiger partial charge in [-0.3, -0.25) is 9.97 Å². The lowest BCUT2D eigenvalue weighted by Gasteiger charge is -2.15. The number of nitrogens with zero attached hydrogens (tertiary/aromatic N) is 3. The van der Waals surface area contributed by atoms with Gasteiger partial charge in [-0.25, -0.2) is 0 Å². The minimum atomic E-state index is 0.575. The van der Waals surface area contributed by atoms with Crippen molar-refractivity contribution in [1.29, 1.82) is 0 Å². The van der Waals surface area contributed by atoms with Crippen molar-refractivity contribution in [3.05, 3.63) is 77.4 Å². The van der Waals surface area contributed by atoms with Crippen LogP contribution in [0.15, 0.2) is 55.0 Å². The highest BCUT2D eigenvalue weighted by molar-refractivity contribution is 6.00. The molecule has 1 saturated carbocycles. The molecule has 2 aromatic carbocycles. The second kappa shape index (κ2) is 7.88. The number of rotatable bonds is 3. The van der Waals surface area contributed by atoms with Crippen LogP contribution in [-0.4, -0.2) is 9.97 Å². The largest absolute Gasteiger partial charge is 0.257 e. The van der Waals surface area contributed by atoms with Gasteiger partial charge < -0.3 is 0 Å². The zero-order valence-corrected chi connectivity index (χ0v) is 18.9. The lowest BCUT2D eigenvalue weighted by Crippen LogP contribution is -2.32. The first-order valence-corrected chi connectivity index (χ1v) is 11.3. The Hall–Kier alpha value is -3.07. The average Bonchev–Trinajstić information content (AvgIpc) is 3.31. The van der Waals surface area contributed by atoms with Gasteiger partial charge in [0.05, 0.1) is 28.7 Å². The topological polar surface area (TPSA) is 29.7 Å². The third-order valence-corrected chi connectivity index (χ3v) is 6.92. The summed E-state index contributed by atoms with van der Waals surface area (Å²) in [4.78, 5) is 9.86. The Morgan fingerprint density at radius 1 is 0.935 bits per heavy atom. The molecule has 0 bridgehead atoms. The third kappa shape index (κ3) is 3.52. The first kappa shape index (κ1) is 19.9. The first-order chi connectivity index (χ1) is 15.0. The maximum absolute atomic E-state index is 4.97. The van der Waals surface area contributed by atoms with Crippen molar-refractivity contribution in [2.24, 2.45) is 7.05 Å². The molecule has 0 spiro atoms. The number of aromatic nitrogens is 3. The van der Waals surface area contributed by atoms with Crippen molar-refractivity contribution in [3.8, 4) is 22.5 Å². The van der Waals surface area contributed by atoms with Crippen LogP contribution >= 0.6 is 0 Å². The van der Waals surface area contributed by atoms with E-state index in [1.807, 2.05) is 12.4 Å². The van der Waals surface area contributed by atoms with Crippen LogP contribution < -0.4 is 4.57 Å². The Kier molecular flexibility index (Phi) is 5.05. The van der Waals surface area contributed by atoms with Gasteiger partial charge in [-0.1, -0.05) is 42.7 Å². The molecule has 2 heterocycles. The number of hydrogen-bond acceptors (Lipinski definition) is 2. The summed E-state index contributed by atoms with van der Waals surface area (Å²) in [7, 11) is 2.14. The Morgan fingerprint density at radius 3 is 2.45 bits per heavy atom. The molecule has 0 amide bonds. The van der Waals surface area contributed by atoms with E-state index in [0.717, 1.165) is 11.4 Å². The molecule has 4 aromatic rings. The lowest BCUT2D eigenvalue weighted by atomic mass is 9.91. The molecule has 0 unspecified atom stereocenters. The third-order valence-electron chi connectivity index (χ3n) is 6.92. The lowest BCUT2D eigenvalue weighted by molar-refractivity contribution is -0.658. The first-order valence-electron chi connectivity index (χ1n) is 11.3. The fourth-order valence-electron chi connectivity index (χ4n) is 5.18. The molecule has 0 saturated heterocycles. The normalized spacial score (nSPS) is 14.5. The second-order valence-electron chi connectivity index (χ2n) is 9.11. The Morgan fingerprint density at radius 2 is 1.71 bits per heavy atom. The Labute approximate surface area is 184 Å². The fraction of sp³-hybridized carbons (Fsp3) is 0.321. The average molecular weight is 409 g/mol. The summed E-state index contributed by atoms with van der Waals surface area (Å²) in [6, 6.07) is 13.2. The zero-order valence-electron chi connectivity index (χ0n) is 18.9. The minimum absolute atomic E-state index is 0.575. The number of pyridine rings is 1. The van der Waals surface area contributed by atoms with Crippen LogP contribution in [0, 0.1) is 20.8 Å². The summed E-state index contributed by atoms with van der Waals surface area (Å²) in [5.41, 5.74) is 9.63. The van der Waals surface area contributed by atoms with E-state index < -0.39 is 0 Å². The molecular weight excluding hydrogens is 378 g/mol. The van der Waals surface area contributed by atoms with Crippen molar-refractivity contribution in [1.82, 2.24) is 9.97 Å². The van der Waals surface area contributed by atoms with Crippen LogP contribution in [-0.2, 0) is 7.05 Å². The maximum Gasteiger partial charge on any atom is 0.222 e. The van der Waals surface area contributed by atoms with Crippen molar-refractivity contribution in [2.45, 2.75) is 52.4 Å². The highest BCUT2D eigenvalue weighted by Gasteiger charge is 2.25. The van der Waals surface area contributed by atoms with E-state index in [0.29, 0.717) is 5.92 Å². The van der Waals surface area contributed by atoms with Gasteiger partial charge in [-0.15, -0.1) is 0 Å². The van der Waals surface area contributed by atoms with Gasteiger partial charge in [0.1, 0.15) is 7.05 Å². The van der Waals surface area contributed by atoms with E-state index in [1.165, 1.54) is 70.0 Å². The number of aryl methyl sites for hydroxylation is 3. The molecule has 2 aromatic heterocycles. The SMILES string of the molecule is Cc1cc(C)c(C)c(-c2c(-c3cnc(C4CCCC4)cn3)c3ccccc3c[n+]2C)c1. The highest BCUT2D eigenvalue weighted by atomic mass is 14.9. The summed E-state index contributed by atoms with van der Waals surface area (Å²) in [5.74, 6) is 0.575. The van der Waals surface area contributed by atoms with Crippen LogP contribution in [0.5, 0.6) is 0 Å². The van der Waals surface area contributed by atoms with Crippen molar-refractivity contribution in [2.75, 3.05) is 0 Å². The second-order valence-corrected chi connectivity index (χ2v) is 9.11. The quantitative estimate of drug-likeness (QED) is 0.369. The molecule has 156 valence electrons. The van der Waals surface area contributed by atoms with E-state index in [-0.39, 0.29) is 0 Å². The van der Waals surface area contributed by atoms with E-state index in [1.54, 1.807) is 0 Å².